The van der Waals surface area contributed by atoms with E-state index in [1.165, 1.54) is 6.20 Å². The molecule has 3 heterocycles. The Balaban J connectivity index is 0.000000706. The van der Waals surface area contributed by atoms with Crippen LogP contribution in [0.1, 0.15) is 28.6 Å². The Morgan fingerprint density at radius 3 is 2.68 bits per heavy atom. The van der Waals surface area contributed by atoms with Crippen molar-refractivity contribution in [3.05, 3.63) is 57.2 Å². The topological polar surface area (TPSA) is 128 Å². The third-order valence-electron chi connectivity index (χ3n) is 4.84. The van der Waals surface area contributed by atoms with Gasteiger partial charge in [0.15, 0.2) is 0 Å². The van der Waals surface area contributed by atoms with Gasteiger partial charge in [0.05, 0.1) is 12.7 Å². The lowest BCUT2D eigenvalue weighted by Crippen LogP contribution is -2.43. The van der Waals surface area contributed by atoms with Gasteiger partial charge in [-0.05, 0) is 24.1 Å². The number of carbonyl (C=O) groups is 2. The standard InChI is InChI=1S/C17H19ClN4O3.CH2O2/c18-11-3-1-10(2-4-11)15-8-22-7-12(5-13(22)9-25-15)20-16(23)14-6-19-17(24)21-14;2-1-3/h1-4,6,12-13,15H,5,7-9H2,(H,20,23)(H2,19,21,24);1H,(H,2,3)/t12-,13-,15+;/m0./s1. The molecule has 0 unspecified atom stereocenters. The second-order valence-corrected chi connectivity index (χ2v) is 7.09. The first-order chi connectivity index (χ1) is 13.5. The summed E-state index contributed by atoms with van der Waals surface area (Å²) in [5, 5.41) is 10.6. The average molecular weight is 409 g/mol. The third-order valence-corrected chi connectivity index (χ3v) is 5.09. The molecule has 4 N–H and O–H groups in total. The van der Waals surface area contributed by atoms with E-state index in [1.807, 2.05) is 24.3 Å². The third kappa shape index (κ3) is 4.80. The van der Waals surface area contributed by atoms with Crippen molar-refractivity contribution in [2.45, 2.75) is 24.6 Å². The van der Waals surface area contributed by atoms with E-state index < -0.39 is 0 Å². The fourth-order valence-corrected chi connectivity index (χ4v) is 3.70. The zero-order valence-corrected chi connectivity index (χ0v) is 15.7. The van der Waals surface area contributed by atoms with E-state index in [4.69, 9.17) is 26.2 Å². The van der Waals surface area contributed by atoms with Crippen molar-refractivity contribution < 1.29 is 19.4 Å². The van der Waals surface area contributed by atoms with Gasteiger partial charge in [0, 0.05) is 36.4 Å². The molecule has 2 aromatic rings. The van der Waals surface area contributed by atoms with E-state index in [-0.39, 0.29) is 35.9 Å². The summed E-state index contributed by atoms with van der Waals surface area (Å²) in [4.78, 5) is 38.9. The van der Waals surface area contributed by atoms with Gasteiger partial charge < -0.3 is 25.1 Å². The first kappa shape index (κ1) is 20.1. The molecule has 4 rings (SSSR count). The summed E-state index contributed by atoms with van der Waals surface area (Å²) < 4.78 is 6.01. The molecule has 0 saturated carbocycles. The van der Waals surface area contributed by atoms with Crippen LogP contribution in [0, 0.1) is 0 Å². The Labute approximate surface area is 165 Å². The van der Waals surface area contributed by atoms with E-state index in [1.54, 1.807) is 0 Å². The number of morpholine rings is 1. The van der Waals surface area contributed by atoms with Gasteiger partial charge in [-0.3, -0.25) is 14.5 Å². The van der Waals surface area contributed by atoms with Gasteiger partial charge in [-0.1, -0.05) is 23.7 Å². The number of carboxylic acid groups (broad SMARTS) is 1. The number of H-pyrrole nitrogens is 2. The number of fused-ring (bicyclic) bond motifs is 1. The van der Waals surface area contributed by atoms with Crippen LogP contribution in [-0.2, 0) is 9.53 Å². The number of hydrogen-bond donors (Lipinski definition) is 4. The number of nitrogens with zero attached hydrogens (tertiary/aromatic N) is 1. The van der Waals surface area contributed by atoms with Crippen LogP contribution in [0.5, 0.6) is 0 Å². The van der Waals surface area contributed by atoms with Crippen LogP contribution in [-0.4, -0.2) is 64.1 Å². The number of aromatic nitrogens is 2. The van der Waals surface area contributed by atoms with Crippen molar-refractivity contribution in [3.8, 4) is 0 Å². The second-order valence-electron chi connectivity index (χ2n) is 6.65. The fourth-order valence-electron chi connectivity index (χ4n) is 3.58. The van der Waals surface area contributed by atoms with Gasteiger partial charge in [-0.15, -0.1) is 0 Å². The molecule has 0 spiro atoms. The van der Waals surface area contributed by atoms with E-state index in [0.29, 0.717) is 17.7 Å². The van der Waals surface area contributed by atoms with Crippen LogP contribution in [0.15, 0.2) is 35.3 Å². The lowest BCUT2D eigenvalue weighted by Gasteiger charge is -2.35. The Kier molecular flexibility index (Phi) is 6.50. The molecule has 150 valence electrons. The molecule has 1 aromatic carbocycles. The molecule has 2 aliphatic heterocycles. The van der Waals surface area contributed by atoms with Gasteiger partial charge in [-0.25, -0.2) is 4.79 Å². The highest BCUT2D eigenvalue weighted by Gasteiger charge is 2.38. The number of hydrogen-bond acceptors (Lipinski definition) is 5. The Morgan fingerprint density at radius 2 is 2.04 bits per heavy atom. The predicted octanol–water partition coefficient (Wildman–Crippen LogP) is 1.00. The maximum atomic E-state index is 12.2. The van der Waals surface area contributed by atoms with Gasteiger partial charge in [0.25, 0.3) is 12.4 Å². The lowest BCUT2D eigenvalue weighted by atomic mass is 10.1. The normalized spacial score (nSPS) is 24.0. The number of ether oxygens (including phenoxy) is 1. The molecule has 2 aliphatic rings. The number of amides is 1. The minimum Gasteiger partial charge on any atom is -0.483 e. The van der Waals surface area contributed by atoms with E-state index in [2.05, 4.69) is 20.2 Å². The molecule has 9 nitrogen and oxygen atoms in total. The quantitative estimate of drug-likeness (QED) is 0.561. The Morgan fingerprint density at radius 1 is 1.32 bits per heavy atom. The smallest absolute Gasteiger partial charge is 0.323 e. The Hall–Kier alpha value is -2.62. The fraction of sp³-hybridized carbons (Fsp3) is 0.389. The summed E-state index contributed by atoms with van der Waals surface area (Å²) in [5.41, 5.74) is 0.985. The zero-order chi connectivity index (χ0) is 20.1. The van der Waals surface area contributed by atoms with Crippen molar-refractivity contribution >= 4 is 24.0 Å². The summed E-state index contributed by atoms with van der Waals surface area (Å²) in [6.45, 7) is 1.96. The summed E-state index contributed by atoms with van der Waals surface area (Å²) in [6.07, 6.45) is 2.25. The van der Waals surface area contributed by atoms with E-state index in [9.17, 15) is 9.59 Å². The van der Waals surface area contributed by atoms with Crippen molar-refractivity contribution in [2.24, 2.45) is 0 Å². The minimum absolute atomic E-state index is 0.0176. The first-order valence-electron chi connectivity index (χ1n) is 8.77. The number of imidazole rings is 1. The van der Waals surface area contributed by atoms with Crippen LogP contribution in [0.2, 0.25) is 5.02 Å². The van der Waals surface area contributed by atoms with Crippen molar-refractivity contribution in [1.82, 2.24) is 20.2 Å². The number of aromatic amines is 2. The molecular weight excluding hydrogens is 388 g/mol. The number of benzene rings is 1. The molecule has 3 atom stereocenters. The molecule has 2 saturated heterocycles. The van der Waals surface area contributed by atoms with Gasteiger partial charge in [0.1, 0.15) is 5.69 Å². The van der Waals surface area contributed by atoms with Crippen LogP contribution < -0.4 is 11.0 Å². The number of rotatable bonds is 3. The lowest BCUT2D eigenvalue weighted by molar-refractivity contribution is -0.122. The number of carbonyl (C=O) groups excluding carboxylic acids is 1. The van der Waals surface area contributed by atoms with Crippen molar-refractivity contribution in [3.63, 3.8) is 0 Å². The zero-order valence-electron chi connectivity index (χ0n) is 14.9. The molecule has 28 heavy (non-hydrogen) atoms. The van der Waals surface area contributed by atoms with Crippen LogP contribution in [0.3, 0.4) is 0 Å². The maximum absolute atomic E-state index is 12.2. The molecule has 1 aromatic heterocycles. The van der Waals surface area contributed by atoms with Gasteiger partial charge in [0.2, 0.25) is 0 Å². The van der Waals surface area contributed by atoms with Crippen molar-refractivity contribution in [1.29, 1.82) is 0 Å². The molecule has 2 fully saturated rings. The SMILES string of the molecule is O=C(N[C@H]1C[C@H]2CO[C@@H](c3ccc(Cl)cc3)CN2C1)c1c[nH]c(=O)[nH]1.O=CO. The molecule has 10 heteroatoms. The molecule has 0 aliphatic carbocycles. The highest BCUT2D eigenvalue weighted by atomic mass is 35.5. The summed E-state index contributed by atoms with van der Waals surface area (Å²) in [5.74, 6) is -0.265. The van der Waals surface area contributed by atoms with E-state index in [0.717, 1.165) is 25.1 Å². The van der Waals surface area contributed by atoms with E-state index >= 15 is 0 Å². The molecule has 1 amide bonds. The monoisotopic (exact) mass is 408 g/mol. The highest BCUT2D eigenvalue weighted by Crippen LogP contribution is 2.30. The summed E-state index contributed by atoms with van der Waals surface area (Å²) in [6, 6.07) is 8.08. The van der Waals surface area contributed by atoms with Gasteiger partial charge in [-0.2, -0.15) is 0 Å². The van der Waals surface area contributed by atoms with Crippen molar-refractivity contribution in [2.75, 3.05) is 19.7 Å². The molecule has 0 radical (unpaired) electrons. The molecular formula is C18H21ClN4O5. The predicted molar refractivity (Wildman–Crippen MR) is 101 cm³/mol. The second kappa shape index (κ2) is 9.05. The number of halogens is 1. The summed E-state index contributed by atoms with van der Waals surface area (Å²) >= 11 is 5.94. The highest BCUT2D eigenvalue weighted by molar-refractivity contribution is 6.30. The Bertz CT molecular complexity index is 865. The van der Waals surface area contributed by atoms with Crippen LogP contribution in [0.25, 0.3) is 0 Å². The number of nitrogens with one attached hydrogen (secondary N) is 3. The molecule has 0 bridgehead atoms. The largest absolute Gasteiger partial charge is 0.483 e. The first-order valence-corrected chi connectivity index (χ1v) is 9.15. The summed E-state index contributed by atoms with van der Waals surface area (Å²) in [7, 11) is 0. The van der Waals surface area contributed by atoms with Gasteiger partial charge >= 0.3 is 5.69 Å². The average Bonchev–Trinajstić information content (AvgIpc) is 3.28. The maximum Gasteiger partial charge on any atom is 0.323 e. The van der Waals surface area contributed by atoms with Crippen LogP contribution >= 0.6 is 11.6 Å². The minimum atomic E-state index is -0.381. The van der Waals surface area contributed by atoms with Crippen LogP contribution in [0.4, 0.5) is 0 Å².